The summed E-state index contributed by atoms with van der Waals surface area (Å²) in [6, 6.07) is 19.0. The third kappa shape index (κ3) is 3.39. The largest absolute Gasteiger partial charge is 0.350 e. The SMILES string of the molecule is Cn1cc(C(CC(=O)N2CCCC2)Cc2ccccc2)c2ccccc21. The summed E-state index contributed by atoms with van der Waals surface area (Å²) in [7, 11) is 2.09. The van der Waals surface area contributed by atoms with Crippen LogP contribution in [-0.2, 0) is 18.3 Å². The summed E-state index contributed by atoms with van der Waals surface area (Å²) in [5.74, 6) is 0.507. The van der Waals surface area contributed by atoms with Crippen molar-refractivity contribution in [1.29, 1.82) is 0 Å². The number of hydrogen-bond acceptors (Lipinski definition) is 1. The number of nitrogens with zero attached hydrogens (tertiary/aromatic N) is 2. The van der Waals surface area contributed by atoms with E-state index in [-0.39, 0.29) is 5.92 Å². The molecule has 1 aliphatic rings. The molecule has 1 atom stereocenters. The molecule has 0 aliphatic carbocycles. The van der Waals surface area contributed by atoms with E-state index in [4.69, 9.17) is 0 Å². The highest BCUT2D eigenvalue weighted by atomic mass is 16.2. The second kappa shape index (κ2) is 7.36. The van der Waals surface area contributed by atoms with Gasteiger partial charge in [0, 0.05) is 43.7 Å². The third-order valence-electron chi connectivity index (χ3n) is 5.57. The van der Waals surface area contributed by atoms with Gasteiger partial charge in [0.15, 0.2) is 0 Å². The molecule has 1 saturated heterocycles. The second-order valence-electron chi connectivity index (χ2n) is 7.39. The Bertz CT molecular complexity index is 891. The van der Waals surface area contributed by atoms with Crippen LogP contribution in [0.25, 0.3) is 10.9 Å². The molecule has 2 aromatic carbocycles. The van der Waals surface area contributed by atoms with Crippen LogP contribution in [0.5, 0.6) is 0 Å². The van der Waals surface area contributed by atoms with Crippen LogP contribution >= 0.6 is 0 Å². The van der Waals surface area contributed by atoms with Crippen molar-refractivity contribution in [1.82, 2.24) is 9.47 Å². The van der Waals surface area contributed by atoms with Crippen molar-refractivity contribution in [3.05, 3.63) is 71.9 Å². The van der Waals surface area contributed by atoms with Gasteiger partial charge in [-0.25, -0.2) is 0 Å². The van der Waals surface area contributed by atoms with Crippen molar-refractivity contribution in [3.63, 3.8) is 0 Å². The molecule has 1 unspecified atom stereocenters. The minimum Gasteiger partial charge on any atom is -0.350 e. The number of aryl methyl sites for hydroxylation is 1. The first-order chi connectivity index (χ1) is 12.7. The fourth-order valence-electron chi connectivity index (χ4n) is 4.20. The van der Waals surface area contributed by atoms with Crippen LogP contribution in [0.1, 0.15) is 36.3 Å². The number of carbonyl (C=O) groups is 1. The van der Waals surface area contributed by atoms with Gasteiger partial charge in [-0.2, -0.15) is 0 Å². The van der Waals surface area contributed by atoms with Crippen molar-refractivity contribution >= 4 is 16.8 Å². The lowest BCUT2D eigenvalue weighted by molar-refractivity contribution is -0.130. The highest BCUT2D eigenvalue weighted by Crippen LogP contribution is 2.32. The molecule has 0 bridgehead atoms. The van der Waals surface area contributed by atoms with Gasteiger partial charge >= 0.3 is 0 Å². The number of fused-ring (bicyclic) bond motifs is 1. The first kappa shape index (κ1) is 16.9. The summed E-state index contributed by atoms with van der Waals surface area (Å²) >= 11 is 0. The Kier molecular flexibility index (Phi) is 4.79. The molecule has 26 heavy (non-hydrogen) atoms. The lowest BCUT2D eigenvalue weighted by Gasteiger charge is -2.21. The maximum atomic E-state index is 12.9. The summed E-state index contributed by atoms with van der Waals surface area (Å²) in [5, 5.41) is 1.27. The summed E-state index contributed by atoms with van der Waals surface area (Å²) in [6.07, 6.45) is 5.99. The van der Waals surface area contributed by atoms with Gasteiger partial charge in [0.05, 0.1) is 0 Å². The van der Waals surface area contributed by atoms with Crippen molar-refractivity contribution in [2.45, 2.75) is 31.6 Å². The fraction of sp³-hybridized carbons (Fsp3) is 0.348. The number of aromatic nitrogens is 1. The monoisotopic (exact) mass is 346 g/mol. The van der Waals surface area contributed by atoms with Gasteiger partial charge < -0.3 is 9.47 Å². The Morgan fingerprint density at radius 1 is 1.00 bits per heavy atom. The quantitative estimate of drug-likeness (QED) is 0.667. The summed E-state index contributed by atoms with van der Waals surface area (Å²) < 4.78 is 2.18. The van der Waals surface area contributed by atoms with E-state index in [2.05, 4.69) is 66.3 Å². The highest BCUT2D eigenvalue weighted by Gasteiger charge is 2.25. The fourth-order valence-corrected chi connectivity index (χ4v) is 4.20. The molecular formula is C23H26N2O. The van der Waals surface area contributed by atoms with Gasteiger partial charge in [-0.05, 0) is 42.4 Å². The van der Waals surface area contributed by atoms with Crippen LogP contribution in [0.15, 0.2) is 60.8 Å². The van der Waals surface area contributed by atoms with Gasteiger partial charge in [-0.15, -0.1) is 0 Å². The number of amides is 1. The summed E-state index contributed by atoms with van der Waals surface area (Å²) in [4.78, 5) is 14.9. The number of rotatable bonds is 5. The zero-order valence-corrected chi connectivity index (χ0v) is 15.4. The number of likely N-dealkylation sites (tertiary alicyclic amines) is 1. The molecule has 0 N–H and O–H groups in total. The van der Waals surface area contributed by atoms with Crippen LogP contribution in [-0.4, -0.2) is 28.5 Å². The predicted octanol–water partition coefficient (Wildman–Crippen LogP) is 4.52. The average molecular weight is 346 g/mol. The third-order valence-corrected chi connectivity index (χ3v) is 5.57. The first-order valence-electron chi connectivity index (χ1n) is 9.58. The van der Waals surface area contributed by atoms with Gasteiger partial charge in [0.25, 0.3) is 0 Å². The van der Waals surface area contributed by atoms with Gasteiger partial charge in [-0.3, -0.25) is 4.79 Å². The standard InChI is InChI=1S/C23H26N2O/c1-24-17-21(20-11-5-6-12-22(20)24)19(15-18-9-3-2-4-10-18)16-23(26)25-13-7-8-14-25/h2-6,9-12,17,19H,7-8,13-16H2,1H3. The van der Waals surface area contributed by atoms with Crippen molar-refractivity contribution in [2.24, 2.45) is 7.05 Å². The Hall–Kier alpha value is -2.55. The van der Waals surface area contributed by atoms with E-state index in [1.54, 1.807) is 0 Å². The molecule has 3 aromatic rings. The van der Waals surface area contributed by atoms with Crippen molar-refractivity contribution < 1.29 is 4.79 Å². The van der Waals surface area contributed by atoms with E-state index in [9.17, 15) is 4.79 Å². The zero-order chi connectivity index (χ0) is 17.9. The van der Waals surface area contributed by atoms with Gasteiger partial charge in [0.2, 0.25) is 5.91 Å². The Balaban J connectivity index is 1.68. The Morgan fingerprint density at radius 3 is 2.46 bits per heavy atom. The molecule has 1 aliphatic heterocycles. The normalized spacial score (nSPS) is 15.5. The number of para-hydroxylation sites is 1. The molecular weight excluding hydrogens is 320 g/mol. The molecule has 2 heterocycles. The van der Waals surface area contributed by atoms with Crippen LogP contribution in [0, 0.1) is 0 Å². The first-order valence-corrected chi connectivity index (χ1v) is 9.58. The maximum absolute atomic E-state index is 12.9. The highest BCUT2D eigenvalue weighted by molar-refractivity contribution is 5.86. The molecule has 1 fully saturated rings. The molecule has 1 amide bonds. The summed E-state index contributed by atoms with van der Waals surface area (Å²) in [5.41, 5.74) is 3.81. The Morgan fingerprint density at radius 2 is 1.69 bits per heavy atom. The van der Waals surface area contributed by atoms with E-state index in [0.717, 1.165) is 32.4 Å². The molecule has 0 saturated carbocycles. The lowest BCUT2D eigenvalue weighted by atomic mass is 9.88. The smallest absolute Gasteiger partial charge is 0.223 e. The van der Waals surface area contributed by atoms with Crippen molar-refractivity contribution in [2.75, 3.05) is 13.1 Å². The van der Waals surface area contributed by atoms with E-state index in [1.165, 1.54) is 22.0 Å². The molecule has 4 rings (SSSR count). The van der Waals surface area contributed by atoms with Gasteiger partial charge in [0.1, 0.15) is 0 Å². The van der Waals surface area contributed by atoms with E-state index in [0.29, 0.717) is 12.3 Å². The lowest BCUT2D eigenvalue weighted by Crippen LogP contribution is -2.29. The van der Waals surface area contributed by atoms with Gasteiger partial charge in [-0.1, -0.05) is 48.5 Å². The van der Waals surface area contributed by atoms with Crippen LogP contribution < -0.4 is 0 Å². The molecule has 3 heteroatoms. The predicted molar refractivity (Wildman–Crippen MR) is 106 cm³/mol. The van der Waals surface area contributed by atoms with Crippen LogP contribution in [0.2, 0.25) is 0 Å². The molecule has 134 valence electrons. The second-order valence-corrected chi connectivity index (χ2v) is 7.39. The minimum absolute atomic E-state index is 0.205. The topological polar surface area (TPSA) is 25.2 Å². The van der Waals surface area contributed by atoms with Crippen LogP contribution in [0.4, 0.5) is 0 Å². The van der Waals surface area contributed by atoms with Crippen LogP contribution in [0.3, 0.4) is 0 Å². The molecule has 1 aromatic heterocycles. The number of carbonyl (C=O) groups excluding carboxylic acids is 1. The maximum Gasteiger partial charge on any atom is 0.223 e. The molecule has 0 radical (unpaired) electrons. The van der Waals surface area contributed by atoms with E-state index in [1.807, 2.05) is 11.0 Å². The number of hydrogen-bond donors (Lipinski definition) is 0. The Labute approximate surface area is 155 Å². The summed E-state index contributed by atoms with van der Waals surface area (Å²) in [6.45, 7) is 1.85. The van der Waals surface area contributed by atoms with Crippen molar-refractivity contribution in [3.8, 4) is 0 Å². The van der Waals surface area contributed by atoms with E-state index >= 15 is 0 Å². The number of benzene rings is 2. The zero-order valence-electron chi connectivity index (χ0n) is 15.4. The van der Waals surface area contributed by atoms with E-state index < -0.39 is 0 Å². The average Bonchev–Trinajstić information content (AvgIpc) is 3.31. The molecule has 0 spiro atoms. The minimum atomic E-state index is 0.205. The molecule has 3 nitrogen and oxygen atoms in total.